The van der Waals surface area contributed by atoms with Crippen molar-refractivity contribution in [2.75, 3.05) is 36.9 Å². The zero-order valence-electron chi connectivity index (χ0n) is 27.2. The number of nitrogens with two attached hydrogens (primary N) is 1. The highest BCUT2D eigenvalue weighted by Gasteiger charge is 2.49. The summed E-state index contributed by atoms with van der Waals surface area (Å²) in [4.78, 5) is 22.8. The van der Waals surface area contributed by atoms with E-state index in [9.17, 15) is 4.39 Å². The number of benzene rings is 1. The van der Waals surface area contributed by atoms with Crippen molar-refractivity contribution in [2.45, 2.75) is 75.7 Å². The van der Waals surface area contributed by atoms with Crippen LogP contribution < -0.4 is 20.1 Å². The van der Waals surface area contributed by atoms with Gasteiger partial charge in [-0.1, -0.05) is 6.07 Å². The molecule has 0 bridgehead atoms. The SMILES string of the molecule is C[C@H](c1cccnc1N)N1c2nc(OC[C@@]34CCCN3C[C@H](F)C4)nc3c(F)c(-c4c(C5CC5)c(F)cc5[nH]ncc45)nc(c23)OC[C@@H]1C. The molecule has 3 N–H and O–H groups in total. The van der Waals surface area contributed by atoms with Crippen molar-refractivity contribution in [1.82, 2.24) is 35.0 Å². The van der Waals surface area contributed by atoms with Crippen molar-refractivity contribution in [3.8, 4) is 23.1 Å². The van der Waals surface area contributed by atoms with Gasteiger partial charge in [0.1, 0.15) is 53.4 Å². The topological polar surface area (TPSA) is 131 Å². The fourth-order valence-electron chi connectivity index (χ4n) is 8.36. The Kier molecular flexibility index (Phi) is 6.91. The summed E-state index contributed by atoms with van der Waals surface area (Å²) in [6.45, 7) is 5.45. The Hall–Kier alpha value is -4.72. The van der Waals surface area contributed by atoms with Gasteiger partial charge in [-0.3, -0.25) is 10.00 Å². The number of nitrogen functional groups attached to an aromatic ring is 1. The number of aromatic amines is 1. The van der Waals surface area contributed by atoms with Gasteiger partial charge in [-0.15, -0.1) is 0 Å². The van der Waals surface area contributed by atoms with E-state index < -0.39 is 23.3 Å². The van der Waals surface area contributed by atoms with Crippen LogP contribution in [-0.4, -0.2) is 79.1 Å². The molecule has 4 aromatic heterocycles. The van der Waals surface area contributed by atoms with E-state index in [0.29, 0.717) is 46.6 Å². The zero-order valence-corrected chi connectivity index (χ0v) is 27.2. The largest absolute Gasteiger partial charge is 0.475 e. The number of hydrogen-bond acceptors (Lipinski definition) is 10. The van der Waals surface area contributed by atoms with Gasteiger partial charge in [0.15, 0.2) is 5.82 Å². The van der Waals surface area contributed by atoms with Gasteiger partial charge in [-0.25, -0.2) is 23.1 Å². The number of aromatic nitrogens is 6. The maximum absolute atomic E-state index is 17.3. The number of anilines is 2. The van der Waals surface area contributed by atoms with Crippen LogP contribution in [-0.2, 0) is 0 Å². The van der Waals surface area contributed by atoms with E-state index in [0.717, 1.165) is 37.8 Å². The first-order chi connectivity index (χ1) is 23.7. The van der Waals surface area contributed by atoms with Crippen molar-refractivity contribution in [2.24, 2.45) is 0 Å². The van der Waals surface area contributed by atoms with Crippen LogP contribution in [0, 0.1) is 11.6 Å². The first-order valence-corrected chi connectivity index (χ1v) is 16.9. The summed E-state index contributed by atoms with van der Waals surface area (Å²) < 4.78 is 60.3. The highest BCUT2D eigenvalue weighted by atomic mass is 19.1. The van der Waals surface area contributed by atoms with Crippen LogP contribution in [0.5, 0.6) is 11.9 Å². The molecular weight excluding hydrogens is 635 g/mol. The molecule has 14 heteroatoms. The molecule has 9 rings (SSSR count). The van der Waals surface area contributed by atoms with Crippen LogP contribution in [0.25, 0.3) is 33.1 Å². The number of nitrogens with zero attached hydrogens (tertiary/aromatic N) is 7. The Labute approximate surface area is 280 Å². The molecule has 0 amide bonds. The maximum Gasteiger partial charge on any atom is 0.319 e. The lowest BCUT2D eigenvalue weighted by Gasteiger charge is -2.35. The molecule has 0 spiro atoms. The van der Waals surface area contributed by atoms with Crippen molar-refractivity contribution >= 4 is 33.4 Å². The van der Waals surface area contributed by atoms with Gasteiger partial charge in [0.05, 0.1) is 29.3 Å². The summed E-state index contributed by atoms with van der Waals surface area (Å²) in [7, 11) is 0. The standard InChI is InChI=1S/C35H36F3N9O2/c1-17-15-48-33-27-30(28(38)29(42-33)26-22-13-41-45-24(22)11-23(37)25(26)19-6-7-19)43-34(49-16-35-8-4-10-46(35)14-20(36)12-35)44-32(27)47(17)18(2)21-5-3-9-40-31(21)39/h3,5,9,11,13,17-20H,4,6-8,10,12,14-16H2,1-2H3,(H2,39,40)(H,41,45)/t17-,18+,20+,35-/m0/s1. The fourth-order valence-corrected chi connectivity index (χ4v) is 8.36. The number of rotatable bonds is 7. The van der Waals surface area contributed by atoms with E-state index in [1.807, 2.05) is 30.9 Å². The monoisotopic (exact) mass is 671 g/mol. The van der Waals surface area contributed by atoms with Crippen LogP contribution in [0.4, 0.5) is 24.8 Å². The number of hydrogen-bond donors (Lipinski definition) is 2. The highest BCUT2D eigenvalue weighted by Crippen LogP contribution is 2.50. The maximum atomic E-state index is 17.3. The van der Waals surface area contributed by atoms with E-state index in [-0.39, 0.29) is 59.7 Å². The molecule has 254 valence electrons. The third-order valence-corrected chi connectivity index (χ3v) is 10.8. The smallest absolute Gasteiger partial charge is 0.319 e. The second kappa shape index (κ2) is 11.2. The first-order valence-electron chi connectivity index (χ1n) is 16.9. The molecule has 1 aromatic carbocycles. The predicted octanol–water partition coefficient (Wildman–Crippen LogP) is 6.00. The van der Waals surface area contributed by atoms with E-state index >= 15 is 8.78 Å². The summed E-state index contributed by atoms with van der Waals surface area (Å²) in [6, 6.07) is 4.40. The Morgan fingerprint density at radius 2 is 2.08 bits per heavy atom. The molecule has 11 nitrogen and oxygen atoms in total. The lowest BCUT2D eigenvalue weighted by Crippen LogP contribution is -2.43. The number of ether oxygens (including phenoxy) is 2. The fraction of sp³-hybridized carbons (Fsp3) is 0.457. The van der Waals surface area contributed by atoms with Gasteiger partial charge < -0.3 is 20.1 Å². The lowest BCUT2D eigenvalue weighted by atomic mass is 9.95. The van der Waals surface area contributed by atoms with E-state index in [2.05, 4.69) is 25.1 Å². The first kappa shape index (κ1) is 30.3. The van der Waals surface area contributed by atoms with E-state index in [1.165, 1.54) is 6.07 Å². The molecule has 0 radical (unpaired) electrons. The highest BCUT2D eigenvalue weighted by molar-refractivity contribution is 6.01. The Morgan fingerprint density at radius 1 is 1.22 bits per heavy atom. The van der Waals surface area contributed by atoms with Crippen LogP contribution >= 0.6 is 0 Å². The molecular formula is C35H36F3N9O2. The Bertz CT molecular complexity index is 2120. The average Bonchev–Trinajstić information content (AvgIpc) is 3.60. The molecule has 0 unspecified atom stereocenters. The summed E-state index contributed by atoms with van der Waals surface area (Å²) in [6.07, 6.45) is 5.92. The van der Waals surface area contributed by atoms with Gasteiger partial charge in [0.2, 0.25) is 5.88 Å². The van der Waals surface area contributed by atoms with E-state index in [1.54, 1.807) is 12.4 Å². The molecule has 5 aromatic rings. The second-order valence-corrected chi connectivity index (χ2v) is 14.0. The van der Waals surface area contributed by atoms with Gasteiger partial charge >= 0.3 is 6.01 Å². The summed E-state index contributed by atoms with van der Waals surface area (Å²) >= 11 is 0. The number of pyridine rings is 2. The Balaban J connectivity index is 1.26. The quantitative estimate of drug-likeness (QED) is 0.212. The van der Waals surface area contributed by atoms with Gasteiger partial charge in [-0.05, 0) is 64.1 Å². The van der Waals surface area contributed by atoms with Crippen LogP contribution in [0.2, 0.25) is 0 Å². The molecule has 1 saturated carbocycles. The van der Waals surface area contributed by atoms with Crippen LogP contribution in [0.1, 0.15) is 69.0 Å². The third kappa shape index (κ3) is 4.77. The van der Waals surface area contributed by atoms with E-state index in [4.69, 9.17) is 25.2 Å². The summed E-state index contributed by atoms with van der Waals surface area (Å²) in [5.41, 5.74) is 7.66. The molecule has 2 saturated heterocycles. The molecule has 7 heterocycles. The minimum Gasteiger partial charge on any atom is -0.475 e. The predicted molar refractivity (Wildman–Crippen MR) is 177 cm³/mol. The van der Waals surface area contributed by atoms with Crippen molar-refractivity contribution < 1.29 is 22.6 Å². The molecule has 3 fully saturated rings. The average molecular weight is 672 g/mol. The van der Waals surface area contributed by atoms with Gasteiger partial charge in [0, 0.05) is 41.2 Å². The minimum absolute atomic E-state index is 0.0476. The van der Waals surface area contributed by atoms with Gasteiger partial charge in [0.25, 0.3) is 0 Å². The molecule has 3 aliphatic heterocycles. The number of fused-ring (bicyclic) bond motifs is 2. The van der Waals surface area contributed by atoms with Crippen LogP contribution in [0.15, 0.2) is 30.6 Å². The van der Waals surface area contributed by atoms with Gasteiger partial charge in [-0.2, -0.15) is 15.1 Å². The van der Waals surface area contributed by atoms with Crippen molar-refractivity contribution in [1.29, 1.82) is 0 Å². The number of H-pyrrole nitrogens is 1. The molecule has 4 aliphatic rings. The number of halogens is 3. The minimum atomic E-state index is -0.939. The molecule has 1 aliphatic carbocycles. The lowest BCUT2D eigenvalue weighted by molar-refractivity contribution is 0.107. The number of nitrogens with one attached hydrogen (secondary N) is 1. The summed E-state index contributed by atoms with van der Waals surface area (Å²) in [5, 5.41) is 7.78. The van der Waals surface area contributed by atoms with Crippen LogP contribution in [0.3, 0.4) is 0 Å². The van der Waals surface area contributed by atoms with Crippen molar-refractivity contribution in [3.05, 3.63) is 53.4 Å². The summed E-state index contributed by atoms with van der Waals surface area (Å²) in [5.74, 6) is -0.405. The Morgan fingerprint density at radius 3 is 2.90 bits per heavy atom. The third-order valence-electron chi connectivity index (χ3n) is 10.8. The molecule has 49 heavy (non-hydrogen) atoms. The van der Waals surface area contributed by atoms with Crippen molar-refractivity contribution in [3.63, 3.8) is 0 Å². The molecule has 4 atom stereocenters. The normalized spacial score (nSPS) is 24.3. The second-order valence-electron chi connectivity index (χ2n) is 14.0. The number of alkyl halides is 1. The zero-order chi connectivity index (χ0) is 33.6.